The Kier molecular flexibility index (Phi) is 3.37. The highest BCUT2D eigenvalue weighted by atomic mass is 16.5. The Morgan fingerprint density at radius 2 is 2.29 bits per heavy atom. The van der Waals surface area contributed by atoms with Gasteiger partial charge >= 0.3 is 6.01 Å². The lowest BCUT2D eigenvalue weighted by Crippen LogP contribution is -2.15. The molecule has 10 heteroatoms. The molecule has 2 rings (SSSR count). The number of nitrogens with zero attached hydrogens (tertiary/aromatic N) is 6. The highest BCUT2D eigenvalue weighted by molar-refractivity contribution is 5.27. The van der Waals surface area contributed by atoms with E-state index >= 15 is 0 Å². The monoisotopic (exact) mass is 238 g/mol. The molecule has 0 aliphatic rings. The predicted molar refractivity (Wildman–Crippen MR) is 55.1 cm³/mol. The van der Waals surface area contributed by atoms with E-state index < -0.39 is 0 Å². The van der Waals surface area contributed by atoms with Crippen molar-refractivity contribution in [3.05, 3.63) is 12.7 Å². The normalized spacial score (nSPS) is 10.2. The van der Waals surface area contributed by atoms with Gasteiger partial charge in [-0.05, 0) is 0 Å². The Morgan fingerprint density at radius 3 is 2.94 bits per heavy atom. The topological polar surface area (TPSA) is 137 Å². The van der Waals surface area contributed by atoms with Gasteiger partial charge < -0.3 is 9.84 Å². The average molecular weight is 238 g/mol. The van der Waals surface area contributed by atoms with Crippen LogP contribution in [0.2, 0.25) is 0 Å². The molecular weight excluding hydrogens is 228 g/mol. The number of rotatable bonds is 5. The maximum Gasteiger partial charge on any atom is 0.323 e. The van der Waals surface area contributed by atoms with Crippen LogP contribution in [0.5, 0.6) is 6.01 Å². The van der Waals surface area contributed by atoms with E-state index in [1.165, 1.54) is 17.3 Å². The number of nitrogens with two attached hydrogens (primary N) is 1. The number of nitrogens with one attached hydrogen (secondary N) is 1. The summed E-state index contributed by atoms with van der Waals surface area (Å²) in [4.78, 5) is 15.5. The molecule has 0 amide bonds. The van der Waals surface area contributed by atoms with Gasteiger partial charge in [0.15, 0.2) is 0 Å². The third kappa shape index (κ3) is 2.62. The van der Waals surface area contributed by atoms with Gasteiger partial charge in [0.25, 0.3) is 5.95 Å². The van der Waals surface area contributed by atoms with Crippen LogP contribution in [0, 0.1) is 0 Å². The van der Waals surface area contributed by atoms with Gasteiger partial charge in [0.2, 0.25) is 5.95 Å². The van der Waals surface area contributed by atoms with Gasteiger partial charge in [0.1, 0.15) is 19.3 Å². The van der Waals surface area contributed by atoms with E-state index in [1.54, 1.807) is 0 Å². The molecule has 90 valence electrons. The van der Waals surface area contributed by atoms with E-state index in [0.717, 1.165) is 0 Å². The lowest BCUT2D eigenvalue weighted by molar-refractivity contribution is 0.191. The van der Waals surface area contributed by atoms with Crippen LogP contribution in [0.25, 0.3) is 5.95 Å². The smallest absolute Gasteiger partial charge is 0.323 e. The molecule has 17 heavy (non-hydrogen) atoms. The van der Waals surface area contributed by atoms with Crippen molar-refractivity contribution in [2.75, 3.05) is 18.6 Å². The molecule has 0 saturated heterocycles. The Hall–Kier alpha value is -2.33. The van der Waals surface area contributed by atoms with Crippen LogP contribution < -0.4 is 16.0 Å². The zero-order chi connectivity index (χ0) is 12.1. The molecule has 2 heterocycles. The summed E-state index contributed by atoms with van der Waals surface area (Å²) in [5, 5.41) is 12.5. The summed E-state index contributed by atoms with van der Waals surface area (Å²) in [6.45, 7) is -0.0689. The largest absolute Gasteiger partial charge is 0.461 e. The van der Waals surface area contributed by atoms with Crippen LogP contribution in [-0.4, -0.2) is 48.0 Å². The van der Waals surface area contributed by atoms with Gasteiger partial charge in [-0.3, -0.25) is 5.43 Å². The van der Waals surface area contributed by atoms with Crippen molar-refractivity contribution in [2.45, 2.75) is 0 Å². The average Bonchev–Trinajstić information content (AvgIpc) is 2.89. The number of aliphatic hydroxyl groups is 1. The fraction of sp³-hybridized carbons (Fsp3) is 0.286. The molecule has 0 aromatic carbocycles. The van der Waals surface area contributed by atoms with Crippen LogP contribution in [-0.2, 0) is 0 Å². The standard InChI is InChI=1S/C7H10N8O2/c8-14-5-11-6(15-4-9-3-10-15)13-7(12-5)17-2-1-16/h3-4,16H,1-2,8H2,(H,11,12,13,14). The first-order valence-corrected chi connectivity index (χ1v) is 4.65. The van der Waals surface area contributed by atoms with Gasteiger partial charge in [-0.1, -0.05) is 0 Å². The van der Waals surface area contributed by atoms with Gasteiger partial charge in [-0.15, -0.1) is 0 Å². The summed E-state index contributed by atoms with van der Waals surface area (Å²) >= 11 is 0. The van der Waals surface area contributed by atoms with Gasteiger partial charge in [-0.25, -0.2) is 10.8 Å². The number of hydrogen-bond acceptors (Lipinski definition) is 9. The van der Waals surface area contributed by atoms with Crippen molar-refractivity contribution in [1.29, 1.82) is 0 Å². The molecule has 0 atom stereocenters. The lowest BCUT2D eigenvalue weighted by Gasteiger charge is -2.06. The molecular formula is C7H10N8O2. The minimum atomic E-state index is -0.143. The molecule has 0 unspecified atom stereocenters. The van der Waals surface area contributed by atoms with E-state index in [1.807, 2.05) is 0 Å². The molecule has 0 radical (unpaired) electrons. The molecule has 0 bridgehead atoms. The third-order valence-corrected chi connectivity index (χ3v) is 1.68. The van der Waals surface area contributed by atoms with Crippen molar-refractivity contribution in [2.24, 2.45) is 5.84 Å². The van der Waals surface area contributed by atoms with E-state index in [2.05, 4.69) is 30.5 Å². The number of ether oxygens (including phenoxy) is 1. The highest BCUT2D eigenvalue weighted by Crippen LogP contribution is 2.08. The van der Waals surface area contributed by atoms with Gasteiger partial charge in [0, 0.05) is 0 Å². The Morgan fingerprint density at radius 1 is 1.41 bits per heavy atom. The first-order valence-electron chi connectivity index (χ1n) is 4.65. The molecule has 0 aliphatic carbocycles. The number of anilines is 1. The molecule has 0 aliphatic heterocycles. The van der Waals surface area contributed by atoms with Crippen LogP contribution >= 0.6 is 0 Å². The summed E-state index contributed by atoms with van der Waals surface area (Å²) in [5.74, 6) is 5.55. The zero-order valence-electron chi connectivity index (χ0n) is 8.69. The Balaban J connectivity index is 2.32. The maximum atomic E-state index is 8.64. The van der Waals surface area contributed by atoms with E-state index in [-0.39, 0.29) is 31.1 Å². The quantitative estimate of drug-likeness (QED) is 0.403. The summed E-state index contributed by atoms with van der Waals surface area (Å²) in [6.07, 6.45) is 2.76. The summed E-state index contributed by atoms with van der Waals surface area (Å²) in [7, 11) is 0. The Bertz CT molecular complexity index is 473. The molecule has 0 spiro atoms. The third-order valence-electron chi connectivity index (χ3n) is 1.68. The fourth-order valence-electron chi connectivity index (χ4n) is 1.03. The minimum Gasteiger partial charge on any atom is -0.461 e. The summed E-state index contributed by atoms with van der Waals surface area (Å²) < 4.78 is 6.39. The van der Waals surface area contributed by atoms with Crippen LogP contribution in [0.15, 0.2) is 12.7 Å². The maximum absolute atomic E-state index is 8.64. The number of aliphatic hydroxyl groups excluding tert-OH is 1. The summed E-state index contributed by atoms with van der Waals surface area (Å²) in [5.41, 5.74) is 2.28. The Labute approximate surface area is 95.5 Å². The van der Waals surface area contributed by atoms with Crippen molar-refractivity contribution < 1.29 is 9.84 Å². The first kappa shape index (κ1) is 11.2. The predicted octanol–water partition coefficient (Wildman–Crippen LogP) is -1.89. The van der Waals surface area contributed by atoms with E-state index in [9.17, 15) is 0 Å². The second-order valence-corrected chi connectivity index (χ2v) is 2.80. The molecule has 0 saturated carbocycles. The van der Waals surface area contributed by atoms with Crippen molar-refractivity contribution in [1.82, 2.24) is 29.7 Å². The molecule has 2 aromatic heterocycles. The second-order valence-electron chi connectivity index (χ2n) is 2.80. The SMILES string of the molecule is NNc1nc(OCCO)nc(-n2cncn2)n1. The van der Waals surface area contributed by atoms with Crippen LogP contribution in [0.4, 0.5) is 5.95 Å². The molecule has 10 nitrogen and oxygen atoms in total. The molecule has 2 aromatic rings. The lowest BCUT2D eigenvalue weighted by atomic mass is 10.8. The van der Waals surface area contributed by atoms with Gasteiger partial charge in [0.05, 0.1) is 6.61 Å². The van der Waals surface area contributed by atoms with Crippen LogP contribution in [0.1, 0.15) is 0 Å². The van der Waals surface area contributed by atoms with Crippen molar-refractivity contribution in [3.63, 3.8) is 0 Å². The second kappa shape index (κ2) is 5.14. The zero-order valence-corrected chi connectivity index (χ0v) is 8.69. The number of aromatic nitrogens is 6. The molecule has 4 N–H and O–H groups in total. The van der Waals surface area contributed by atoms with Gasteiger partial charge in [-0.2, -0.15) is 24.7 Å². The minimum absolute atomic E-state index is 0.0347. The number of hydrazine groups is 1. The number of nitrogen functional groups attached to an aromatic ring is 1. The van der Waals surface area contributed by atoms with Crippen molar-refractivity contribution in [3.8, 4) is 12.0 Å². The van der Waals surface area contributed by atoms with E-state index in [0.29, 0.717) is 0 Å². The first-order chi connectivity index (χ1) is 8.33. The van der Waals surface area contributed by atoms with Crippen molar-refractivity contribution >= 4 is 5.95 Å². The van der Waals surface area contributed by atoms with E-state index in [4.69, 9.17) is 15.7 Å². The highest BCUT2D eigenvalue weighted by Gasteiger charge is 2.08. The number of hydrogen-bond donors (Lipinski definition) is 3. The van der Waals surface area contributed by atoms with Crippen LogP contribution in [0.3, 0.4) is 0 Å². The fourth-order valence-corrected chi connectivity index (χ4v) is 1.03. The molecule has 0 fully saturated rings. The summed E-state index contributed by atoms with van der Waals surface area (Å²) in [6, 6.07) is 0.0347.